The Bertz CT molecular complexity index is 1430. The summed E-state index contributed by atoms with van der Waals surface area (Å²) < 4.78 is 5.48. The smallest absolute Gasteiger partial charge is 0.407 e. The summed E-state index contributed by atoms with van der Waals surface area (Å²) >= 11 is 1.42. The highest BCUT2D eigenvalue weighted by molar-refractivity contribution is 7.09. The minimum Gasteiger partial charge on any atom is -0.444 e. The highest BCUT2D eigenvalue weighted by Crippen LogP contribution is 2.17. The summed E-state index contributed by atoms with van der Waals surface area (Å²) in [6.07, 6.45) is 5.69. The molecule has 0 bridgehead atoms. The van der Waals surface area contributed by atoms with Crippen LogP contribution in [0.1, 0.15) is 62.0 Å². The number of aromatic nitrogens is 1. The van der Waals surface area contributed by atoms with Crippen molar-refractivity contribution in [1.82, 2.24) is 31.2 Å². The minimum atomic E-state index is -0.834. The molecule has 3 aromatic rings. The summed E-state index contributed by atoms with van der Waals surface area (Å²) in [5.41, 5.74) is 3.82. The van der Waals surface area contributed by atoms with Gasteiger partial charge in [0, 0.05) is 44.8 Å². The molecule has 2 heterocycles. The molecule has 0 saturated carbocycles. The summed E-state index contributed by atoms with van der Waals surface area (Å²) in [5.74, 6) is -0.111. The number of carbonyl (C=O) groups excluding carboxylic acids is 4. The predicted molar refractivity (Wildman–Crippen MR) is 186 cm³/mol. The van der Waals surface area contributed by atoms with E-state index in [1.165, 1.54) is 18.3 Å². The van der Waals surface area contributed by atoms with E-state index in [0.717, 1.165) is 28.8 Å². The van der Waals surface area contributed by atoms with Crippen LogP contribution >= 0.6 is 11.3 Å². The Morgan fingerprint density at radius 1 is 0.917 bits per heavy atom. The molecule has 1 aromatic heterocycles. The van der Waals surface area contributed by atoms with E-state index < -0.39 is 12.1 Å². The maximum Gasteiger partial charge on any atom is 0.407 e. The number of carbonyl (C=O) groups is 4. The van der Waals surface area contributed by atoms with Crippen LogP contribution in [0.4, 0.5) is 9.59 Å². The van der Waals surface area contributed by atoms with Gasteiger partial charge < -0.3 is 30.9 Å². The number of benzene rings is 2. The van der Waals surface area contributed by atoms with Crippen LogP contribution in [-0.4, -0.2) is 71.6 Å². The van der Waals surface area contributed by atoms with Crippen molar-refractivity contribution >= 4 is 35.3 Å². The van der Waals surface area contributed by atoms with Gasteiger partial charge in [0.2, 0.25) is 11.8 Å². The van der Waals surface area contributed by atoms with Crippen LogP contribution in [0.2, 0.25) is 0 Å². The topological polar surface area (TPSA) is 142 Å². The van der Waals surface area contributed by atoms with Crippen LogP contribution in [0.25, 0.3) is 0 Å². The molecule has 11 nitrogen and oxygen atoms in total. The van der Waals surface area contributed by atoms with Crippen LogP contribution in [0.5, 0.6) is 0 Å². The van der Waals surface area contributed by atoms with Crippen LogP contribution in [0, 0.1) is 5.92 Å². The zero-order valence-corrected chi connectivity index (χ0v) is 28.7. The zero-order chi connectivity index (χ0) is 34.1. The number of rotatable bonds is 16. The van der Waals surface area contributed by atoms with Crippen LogP contribution in [-0.2, 0) is 33.8 Å². The first-order valence-corrected chi connectivity index (χ1v) is 17.6. The lowest BCUT2D eigenvalue weighted by molar-refractivity contribution is -0.124. The summed E-state index contributed by atoms with van der Waals surface area (Å²) in [6.45, 7) is 5.23. The highest BCUT2D eigenvalue weighted by Gasteiger charge is 2.28. The second-order valence-electron chi connectivity index (χ2n) is 12.5. The molecule has 4 atom stereocenters. The van der Waals surface area contributed by atoms with E-state index in [-0.39, 0.29) is 49.5 Å². The number of amides is 5. The van der Waals surface area contributed by atoms with E-state index in [4.69, 9.17) is 4.74 Å². The first-order valence-electron chi connectivity index (χ1n) is 16.7. The molecule has 1 aliphatic heterocycles. The molecule has 1 saturated heterocycles. The molecule has 0 spiro atoms. The van der Waals surface area contributed by atoms with E-state index in [2.05, 4.69) is 33.2 Å². The Labute approximate surface area is 287 Å². The lowest BCUT2D eigenvalue weighted by Crippen LogP contribution is -2.55. The molecule has 1 fully saturated rings. The second kappa shape index (κ2) is 19.4. The summed E-state index contributed by atoms with van der Waals surface area (Å²) in [4.78, 5) is 58.2. The molecular weight excluding hydrogens is 629 g/mol. The predicted octanol–water partition coefficient (Wildman–Crippen LogP) is 4.82. The van der Waals surface area contributed by atoms with Gasteiger partial charge >= 0.3 is 12.1 Å². The Hall–Kier alpha value is -4.45. The first kappa shape index (κ1) is 36.4. The Morgan fingerprint density at radius 3 is 2.15 bits per heavy atom. The van der Waals surface area contributed by atoms with E-state index in [0.29, 0.717) is 44.7 Å². The molecule has 1 aliphatic rings. The van der Waals surface area contributed by atoms with Crippen molar-refractivity contribution < 1.29 is 23.9 Å². The van der Waals surface area contributed by atoms with Crippen molar-refractivity contribution in [2.75, 3.05) is 19.6 Å². The van der Waals surface area contributed by atoms with Crippen molar-refractivity contribution in [2.24, 2.45) is 5.92 Å². The quantitative estimate of drug-likeness (QED) is 0.171. The Balaban J connectivity index is 1.46. The van der Waals surface area contributed by atoms with Crippen LogP contribution in [0.15, 0.2) is 72.4 Å². The molecule has 0 unspecified atom stereocenters. The van der Waals surface area contributed by atoms with Crippen LogP contribution < -0.4 is 21.3 Å². The Morgan fingerprint density at radius 2 is 1.56 bits per heavy atom. The van der Waals surface area contributed by atoms with Crippen molar-refractivity contribution in [3.63, 3.8) is 0 Å². The average molecular weight is 677 g/mol. The van der Waals surface area contributed by atoms with E-state index in [1.807, 2.05) is 60.7 Å². The fraction of sp³-hybridized carbons (Fsp3) is 0.472. The normalized spacial score (nSPS) is 16.2. The van der Waals surface area contributed by atoms with Gasteiger partial charge in [0.05, 0.1) is 10.4 Å². The van der Waals surface area contributed by atoms with Gasteiger partial charge in [-0.15, -0.1) is 11.3 Å². The van der Waals surface area contributed by atoms with Gasteiger partial charge in [-0.25, -0.2) is 9.59 Å². The number of ether oxygens (including phenoxy) is 1. The number of hydrogen-bond donors (Lipinski definition) is 4. The zero-order valence-electron chi connectivity index (χ0n) is 27.9. The summed E-state index contributed by atoms with van der Waals surface area (Å²) in [5, 5.41) is 11.9. The van der Waals surface area contributed by atoms with Crippen LogP contribution in [0.3, 0.4) is 0 Å². The molecule has 0 aliphatic carbocycles. The summed E-state index contributed by atoms with van der Waals surface area (Å²) in [7, 11) is 0. The van der Waals surface area contributed by atoms with E-state index in [9.17, 15) is 19.2 Å². The maximum absolute atomic E-state index is 13.9. The maximum atomic E-state index is 13.9. The second-order valence-corrected chi connectivity index (χ2v) is 13.5. The van der Waals surface area contributed by atoms with E-state index in [1.54, 1.807) is 16.6 Å². The standard InChI is InChI=1S/C36H48N6O5S/c1-26-10-9-19-42(23-26)35(45)41-33(17-18-38-27(2)43)34(44)39-30(20-28-11-5-3-6-12-28)15-16-31(21-29-13-7-4-8-14-29)40-36(46)47-24-32-22-37-25-48-32/h3-8,11-14,22,25-26,30-31,33H,9-10,15-21,23-24H2,1-2H3,(H,38,43)(H,39,44)(H,40,46)(H,41,45)/t26-,30-,31-,33+/m1/s1. The third kappa shape index (κ3) is 13.0. The molecule has 5 amide bonds. The number of likely N-dealkylation sites (tertiary alicyclic amines) is 1. The van der Waals surface area contributed by atoms with E-state index >= 15 is 0 Å². The average Bonchev–Trinajstić information content (AvgIpc) is 3.60. The van der Waals surface area contributed by atoms with Gasteiger partial charge in [-0.1, -0.05) is 67.6 Å². The number of piperidine rings is 1. The number of alkyl carbamates (subject to hydrolysis) is 1. The summed E-state index contributed by atoms with van der Waals surface area (Å²) in [6, 6.07) is 18.2. The van der Waals surface area contributed by atoms with Gasteiger partial charge in [0.1, 0.15) is 12.6 Å². The monoisotopic (exact) mass is 676 g/mol. The number of nitrogens with zero attached hydrogens (tertiary/aromatic N) is 2. The minimum absolute atomic E-state index is 0.142. The molecule has 48 heavy (non-hydrogen) atoms. The largest absolute Gasteiger partial charge is 0.444 e. The van der Waals surface area contributed by atoms with Gasteiger partial charge in [-0.2, -0.15) is 0 Å². The van der Waals surface area contributed by atoms with Crippen molar-refractivity contribution in [3.8, 4) is 0 Å². The number of nitrogens with one attached hydrogen (secondary N) is 4. The van der Waals surface area contributed by atoms with Gasteiger partial charge in [0.25, 0.3) is 0 Å². The number of urea groups is 1. The van der Waals surface area contributed by atoms with Crippen molar-refractivity contribution in [1.29, 1.82) is 0 Å². The fourth-order valence-corrected chi connectivity index (χ4v) is 6.39. The van der Waals surface area contributed by atoms with Gasteiger partial charge in [-0.05, 0) is 62.0 Å². The van der Waals surface area contributed by atoms with Gasteiger partial charge in [-0.3, -0.25) is 14.6 Å². The molecule has 2 aromatic carbocycles. The van der Waals surface area contributed by atoms with Crippen molar-refractivity contribution in [3.05, 3.63) is 88.4 Å². The highest BCUT2D eigenvalue weighted by atomic mass is 32.1. The van der Waals surface area contributed by atoms with Crippen molar-refractivity contribution in [2.45, 2.75) is 83.5 Å². The molecule has 4 rings (SSSR count). The molecule has 258 valence electrons. The Kier molecular flexibility index (Phi) is 14.7. The third-order valence-electron chi connectivity index (χ3n) is 8.38. The first-order chi connectivity index (χ1) is 23.2. The SMILES string of the molecule is CC(=O)NCC[C@H](NC(=O)N1CCC[C@@H](C)C1)C(=O)N[C@H](CC[C@H](Cc1ccccc1)NC(=O)OCc1cncs1)Cc1ccccc1. The lowest BCUT2D eigenvalue weighted by atomic mass is 9.95. The molecule has 0 radical (unpaired) electrons. The molecule has 4 N–H and O–H groups in total. The van der Waals surface area contributed by atoms with Gasteiger partial charge in [0.15, 0.2) is 0 Å². The lowest BCUT2D eigenvalue weighted by Gasteiger charge is -2.32. The number of thiazole rings is 1. The third-order valence-corrected chi connectivity index (χ3v) is 9.13. The fourth-order valence-electron chi connectivity index (χ4n) is 5.89. The molecule has 12 heteroatoms. The molecular formula is C36H48N6O5S. The number of hydrogen-bond acceptors (Lipinski definition) is 7.